The number of nitrogens with zero attached hydrogens (tertiary/aromatic N) is 1. The van der Waals surface area contributed by atoms with Crippen LogP contribution in [0.1, 0.15) is 16.3 Å². The van der Waals surface area contributed by atoms with Crippen LogP contribution in [0.15, 0.2) is 32.9 Å². The predicted molar refractivity (Wildman–Crippen MR) is 79.8 cm³/mol. The number of aromatic nitrogens is 1. The van der Waals surface area contributed by atoms with Gasteiger partial charge in [0, 0.05) is 9.85 Å². The molecule has 0 saturated heterocycles. The molecule has 19 heavy (non-hydrogen) atoms. The van der Waals surface area contributed by atoms with Crippen LogP contribution in [0.2, 0.25) is 0 Å². The normalized spacial score (nSPS) is 11.7. The van der Waals surface area contributed by atoms with Crippen LogP contribution in [0.25, 0.3) is 0 Å². The van der Waals surface area contributed by atoms with Gasteiger partial charge in [0.05, 0.1) is 22.1 Å². The first-order valence-electron chi connectivity index (χ1n) is 5.55. The Morgan fingerprint density at radius 3 is 2.68 bits per heavy atom. The van der Waals surface area contributed by atoms with E-state index in [1.165, 1.54) is 11.3 Å². The lowest BCUT2D eigenvalue weighted by Gasteiger charge is -2.07. The second-order valence-electron chi connectivity index (χ2n) is 4.09. The molecule has 4 nitrogen and oxygen atoms in total. The maximum atomic E-state index is 12.1. The van der Waals surface area contributed by atoms with Crippen molar-refractivity contribution in [2.75, 3.05) is 0 Å². The second kappa shape index (κ2) is 5.70. The molecule has 0 amide bonds. The number of nitrogens with one attached hydrogen (secondary N) is 1. The summed E-state index contributed by atoms with van der Waals surface area (Å²) in [6.45, 7) is 3.95. The molecule has 7 heteroatoms. The van der Waals surface area contributed by atoms with Gasteiger partial charge in [0.2, 0.25) is 10.0 Å². The molecular weight excluding hydrogens is 348 g/mol. The van der Waals surface area contributed by atoms with Gasteiger partial charge < -0.3 is 0 Å². The first-order valence-corrected chi connectivity index (χ1v) is 8.71. The molecule has 0 spiro atoms. The first kappa shape index (κ1) is 14.6. The zero-order valence-corrected chi connectivity index (χ0v) is 13.7. The van der Waals surface area contributed by atoms with Gasteiger partial charge in [0.1, 0.15) is 0 Å². The molecular formula is C12H13BrN2O2S2. The number of hydrogen-bond donors (Lipinski definition) is 1. The Bertz CT molecular complexity index is 696. The van der Waals surface area contributed by atoms with E-state index in [0.29, 0.717) is 0 Å². The maximum absolute atomic E-state index is 12.1. The molecule has 1 aromatic heterocycles. The number of halogens is 1. The number of sulfonamides is 1. The largest absolute Gasteiger partial charge is 0.245 e. The van der Waals surface area contributed by atoms with Gasteiger partial charge in [-0.25, -0.2) is 18.1 Å². The minimum Gasteiger partial charge on any atom is -0.245 e. The summed E-state index contributed by atoms with van der Waals surface area (Å²) in [5, 5.41) is 2.78. The minimum absolute atomic E-state index is 0.210. The van der Waals surface area contributed by atoms with Crippen LogP contribution in [0.4, 0.5) is 0 Å². The lowest BCUT2D eigenvalue weighted by atomic mass is 10.2. The summed E-state index contributed by atoms with van der Waals surface area (Å²) in [6, 6.07) is 4.95. The highest BCUT2D eigenvalue weighted by molar-refractivity contribution is 9.10. The minimum atomic E-state index is -3.49. The van der Waals surface area contributed by atoms with E-state index < -0.39 is 10.0 Å². The first-order chi connectivity index (χ1) is 8.88. The average molecular weight is 361 g/mol. The third-order valence-electron chi connectivity index (χ3n) is 2.55. The Hall–Kier alpha value is -0.760. The van der Waals surface area contributed by atoms with E-state index in [1.807, 2.05) is 19.2 Å². The molecule has 2 aromatic rings. The van der Waals surface area contributed by atoms with E-state index in [0.717, 1.165) is 20.7 Å². The smallest absolute Gasteiger partial charge is 0.240 e. The fourth-order valence-electron chi connectivity index (χ4n) is 1.53. The standard InChI is InChI=1S/C12H13BrN2O2S2/c1-8-5-11(3-4-12(8)13)19(16,17)14-6-10-7-18-9(2)15-10/h3-5,7,14H,6H2,1-2H3. The molecule has 0 radical (unpaired) electrons. The molecule has 1 N–H and O–H groups in total. The molecule has 102 valence electrons. The maximum Gasteiger partial charge on any atom is 0.240 e. The van der Waals surface area contributed by atoms with Crippen molar-refractivity contribution in [3.63, 3.8) is 0 Å². The van der Waals surface area contributed by atoms with Gasteiger partial charge in [0.25, 0.3) is 0 Å². The van der Waals surface area contributed by atoms with Crippen LogP contribution >= 0.6 is 27.3 Å². The van der Waals surface area contributed by atoms with Crippen LogP contribution in [0.3, 0.4) is 0 Å². The van der Waals surface area contributed by atoms with E-state index in [4.69, 9.17) is 0 Å². The van der Waals surface area contributed by atoms with E-state index in [9.17, 15) is 8.42 Å². The SMILES string of the molecule is Cc1nc(CNS(=O)(=O)c2ccc(Br)c(C)c2)cs1. The number of hydrogen-bond acceptors (Lipinski definition) is 4. The van der Waals surface area contributed by atoms with Gasteiger partial charge in [0.15, 0.2) is 0 Å². The number of aryl methyl sites for hydroxylation is 2. The summed E-state index contributed by atoms with van der Waals surface area (Å²) in [7, 11) is -3.49. The zero-order valence-electron chi connectivity index (χ0n) is 10.5. The predicted octanol–water partition coefficient (Wildman–Crippen LogP) is 3.00. The lowest BCUT2D eigenvalue weighted by molar-refractivity contribution is 0.580. The zero-order chi connectivity index (χ0) is 14.0. The van der Waals surface area contributed by atoms with Crippen molar-refractivity contribution in [1.82, 2.24) is 9.71 Å². The summed E-state index contributed by atoms with van der Waals surface area (Å²) in [4.78, 5) is 4.49. The molecule has 0 unspecified atom stereocenters. The molecule has 1 heterocycles. The summed E-state index contributed by atoms with van der Waals surface area (Å²) in [5.74, 6) is 0. The molecule has 0 atom stereocenters. The third-order valence-corrected chi connectivity index (χ3v) is 5.66. The van der Waals surface area contributed by atoms with Gasteiger partial charge in [-0.15, -0.1) is 11.3 Å². The highest BCUT2D eigenvalue weighted by Gasteiger charge is 2.15. The molecule has 2 rings (SSSR count). The molecule has 0 bridgehead atoms. The van der Waals surface area contributed by atoms with Gasteiger partial charge in [-0.05, 0) is 37.6 Å². The molecule has 0 aliphatic rings. The van der Waals surface area contributed by atoms with Gasteiger partial charge in [-0.1, -0.05) is 15.9 Å². The molecule has 0 aliphatic heterocycles. The Balaban J connectivity index is 2.16. The van der Waals surface area contributed by atoms with Crippen LogP contribution in [-0.2, 0) is 16.6 Å². The highest BCUT2D eigenvalue weighted by Crippen LogP contribution is 2.20. The van der Waals surface area contributed by atoms with Crippen molar-refractivity contribution < 1.29 is 8.42 Å². The van der Waals surface area contributed by atoms with Gasteiger partial charge in [-0.3, -0.25) is 0 Å². The number of rotatable bonds is 4. The highest BCUT2D eigenvalue weighted by atomic mass is 79.9. The monoisotopic (exact) mass is 360 g/mol. The fourth-order valence-corrected chi connectivity index (χ4v) is 3.47. The van der Waals surface area contributed by atoms with Gasteiger partial charge >= 0.3 is 0 Å². The van der Waals surface area contributed by atoms with Crippen molar-refractivity contribution in [3.8, 4) is 0 Å². The quantitative estimate of drug-likeness (QED) is 0.911. The van der Waals surface area contributed by atoms with E-state index >= 15 is 0 Å². The van der Waals surface area contributed by atoms with Crippen LogP contribution in [-0.4, -0.2) is 13.4 Å². The van der Waals surface area contributed by atoms with Crippen molar-refractivity contribution in [2.45, 2.75) is 25.3 Å². The second-order valence-corrected chi connectivity index (χ2v) is 7.78. The fraction of sp³-hybridized carbons (Fsp3) is 0.250. The Morgan fingerprint density at radius 1 is 1.37 bits per heavy atom. The van der Waals surface area contributed by atoms with E-state index in [1.54, 1.807) is 18.2 Å². The number of thiazole rings is 1. The Morgan fingerprint density at radius 2 is 2.11 bits per heavy atom. The van der Waals surface area contributed by atoms with Gasteiger partial charge in [-0.2, -0.15) is 0 Å². The summed E-state index contributed by atoms with van der Waals surface area (Å²) < 4.78 is 27.7. The topological polar surface area (TPSA) is 59.1 Å². The van der Waals surface area contributed by atoms with E-state index in [2.05, 4.69) is 25.6 Å². The van der Waals surface area contributed by atoms with Crippen molar-refractivity contribution in [1.29, 1.82) is 0 Å². The molecule has 0 aliphatic carbocycles. The van der Waals surface area contributed by atoms with Crippen LogP contribution in [0.5, 0.6) is 0 Å². The van der Waals surface area contributed by atoms with Crippen LogP contribution < -0.4 is 4.72 Å². The third kappa shape index (κ3) is 3.62. The Kier molecular flexibility index (Phi) is 4.39. The average Bonchev–Trinajstić information content (AvgIpc) is 2.76. The van der Waals surface area contributed by atoms with Crippen molar-refractivity contribution in [2.24, 2.45) is 0 Å². The molecule has 0 fully saturated rings. The summed E-state index contributed by atoms with van der Waals surface area (Å²) in [5.41, 5.74) is 1.62. The molecule has 1 aromatic carbocycles. The number of benzene rings is 1. The van der Waals surface area contributed by atoms with E-state index in [-0.39, 0.29) is 11.4 Å². The Labute approximate surface area is 125 Å². The summed E-state index contributed by atoms with van der Waals surface area (Å²) in [6.07, 6.45) is 0. The van der Waals surface area contributed by atoms with Crippen LogP contribution in [0, 0.1) is 13.8 Å². The van der Waals surface area contributed by atoms with Crippen molar-refractivity contribution in [3.05, 3.63) is 44.3 Å². The van der Waals surface area contributed by atoms with Crippen molar-refractivity contribution >= 4 is 37.3 Å². The molecule has 0 saturated carbocycles. The lowest BCUT2D eigenvalue weighted by Crippen LogP contribution is -2.23. The summed E-state index contributed by atoms with van der Waals surface area (Å²) >= 11 is 4.85.